The molecule has 1 aromatic rings. The summed E-state index contributed by atoms with van der Waals surface area (Å²) in [6.45, 7) is 1.92. The molecule has 6 nitrogen and oxygen atoms in total. The van der Waals surface area contributed by atoms with Gasteiger partial charge in [-0.25, -0.2) is 4.39 Å². The Bertz CT molecular complexity index is 647. The molecule has 0 bridgehead atoms. The monoisotopic (exact) mass is 350 g/mol. The van der Waals surface area contributed by atoms with E-state index < -0.39 is 23.8 Å². The molecule has 136 valence electrons. The average Bonchev–Trinajstić information content (AvgIpc) is 2.87. The first-order valence-corrected chi connectivity index (χ1v) is 8.36. The van der Waals surface area contributed by atoms with E-state index in [1.54, 1.807) is 19.2 Å². The van der Waals surface area contributed by atoms with Crippen LogP contribution in [0.5, 0.6) is 0 Å². The summed E-state index contributed by atoms with van der Waals surface area (Å²) in [6.07, 6.45) is 1.23. The maximum atomic E-state index is 13.1. The van der Waals surface area contributed by atoms with E-state index in [1.807, 2.05) is 6.92 Å². The maximum absolute atomic E-state index is 13.1. The molecular formula is C18H23FN2O4. The highest BCUT2D eigenvalue weighted by Crippen LogP contribution is 2.37. The van der Waals surface area contributed by atoms with Crippen molar-refractivity contribution in [3.63, 3.8) is 0 Å². The van der Waals surface area contributed by atoms with E-state index in [9.17, 15) is 23.9 Å². The smallest absolute Gasteiger partial charge is 0.308 e. The van der Waals surface area contributed by atoms with Gasteiger partial charge in [0.25, 0.3) is 0 Å². The average molecular weight is 350 g/mol. The lowest BCUT2D eigenvalue weighted by atomic mass is 9.92. The summed E-state index contributed by atoms with van der Waals surface area (Å²) in [6, 6.07) is 5.23. The molecule has 3 atom stereocenters. The van der Waals surface area contributed by atoms with E-state index in [2.05, 4.69) is 5.32 Å². The largest absolute Gasteiger partial charge is 0.481 e. The number of hydrogen-bond donors (Lipinski definition) is 2. The van der Waals surface area contributed by atoms with Crippen molar-refractivity contribution in [1.82, 2.24) is 10.2 Å². The van der Waals surface area contributed by atoms with Gasteiger partial charge in [-0.15, -0.1) is 0 Å². The summed E-state index contributed by atoms with van der Waals surface area (Å²) in [5.41, 5.74) is 0.679. The number of hydrogen-bond acceptors (Lipinski definition) is 3. The standard InChI is InChI=1S/C18H23FN2O4/c1-3-4-12(18(24)25)10-20-17(23)14-9-15(22)21(2)16(14)11-5-7-13(19)8-6-11/h5-8,12,14,16H,3-4,9-10H2,1-2H3,(H,20,23)(H,24,25). The highest BCUT2D eigenvalue weighted by atomic mass is 19.1. The Morgan fingerprint density at radius 3 is 2.56 bits per heavy atom. The first kappa shape index (κ1) is 18.9. The number of rotatable bonds is 7. The van der Waals surface area contributed by atoms with Crippen molar-refractivity contribution in [2.24, 2.45) is 11.8 Å². The van der Waals surface area contributed by atoms with Gasteiger partial charge in [-0.05, 0) is 24.1 Å². The molecule has 2 rings (SSSR count). The van der Waals surface area contributed by atoms with Gasteiger partial charge in [-0.3, -0.25) is 14.4 Å². The van der Waals surface area contributed by atoms with Gasteiger partial charge in [-0.1, -0.05) is 25.5 Å². The fourth-order valence-corrected chi connectivity index (χ4v) is 3.24. The second-order valence-corrected chi connectivity index (χ2v) is 6.38. The number of carbonyl (C=O) groups excluding carboxylic acids is 2. The summed E-state index contributed by atoms with van der Waals surface area (Å²) in [5.74, 6) is -3.13. The van der Waals surface area contributed by atoms with Crippen LogP contribution in [-0.2, 0) is 14.4 Å². The van der Waals surface area contributed by atoms with E-state index in [0.29, 0.717) is 18.4 Å². The van der Waals surface area contributed by atoms with Crippen molar-refractivity contribution < 1.29 is 23.9 Å². The number of likely N-dealkylation sites (tertiary alicyclic amines) is 1. The second kappa shape index (κ2) is 8.09. The first-order valence-electron chi connectivity index (χ1n) is 8.36. The van der Waals surface area contributed by atoms with Crippen LogP contribution in [0.1, 0.15) is 37.8 Å². The van der Waals surface area contributed by atoms with Crippen LogP contribution in [0.4, 0.5) is 4.39 Å². The number of nitrogens with zero attached hydrogens (tertiary/aromatic N) is 1. The third-order valence-corrected chi connectivity index (χ3v) is 4.64. The predicted octanol–water partition coefficient (Wildman–Crippen LogP) is 1.96. The molecule has 1 fully saturated rings. The second-order valence-electron chi connectivity index (χ2n) is 6.38. The van der Waals surface area contributed by atoms with Crippen molar-refractivity contribution in [2.75, 3.05) is 13.6 Å². The Morgan fingerprint density at radius 2 is 2.00 bits per heavy atom. The van der Waals surface area contributed by atoms with Crippen molar-refractivity contribution in [3.8, 4) is 0 Å². The summed E-state index contributed by atoms with van der Waals surface area (Å²) >= 11 is 0. The molecule has 3 unspecified atom stereocenters. The molecule has 0 aliphatic carbocycles. The predicted molar refractivity (Wildman–Crippen MR) is 89.1 cm³/mol. The zero-order valence-electron chi connectivity index (χ0n) is 14.4. The van der Waals surface area contributed by atoms with Crippen molar-refractivity contribution >= 4 is 17.8 Å². The molecule has 2 N–H and O–H groups in total. The number of amides is 2. The van der Waals surface area contributed by atoms with Crippen LogP contribution >= 0.6 is 0 Å². The minimum atomic E-state index is -0.947. The third kappa shape index (κ3) is 4.35. The molecule has 0 radical (unpaired) electrons. The normalized spacial score (nSPS) is 21.2. The molecule has 25 heavy (non-hydrogen) atoms. The molecule has 1 aromatic carbocycles. The van der Waals surface area contributed by atoms with E-state index in [-0.39, 0.29) is 30.6 Å². The van der Waals surface area contributed by atoms with Gasteiger partial charge in [0.05, 0.1) is 17.9 Å². The molecule has 2 amide bonds. The summed E-state index contributed by atoms with van der Waals surface area (Å²) in [4.78, 5) is 37.3. The molecule has 1 heterocycles. The lowest BCUT2D eigenvalue weighted by molar-refractivity contribution is -0.142. The molecule has 0 aromatic heterocycles. The van der Waals surface area contributed by atoms with Crippen molar-refractivity contribution in [1.29, 1.82) is 0 Å². The lowest BCUT2D eigenvalue weighted by Gasteiger charge is -2.25. The Morgan fingerprint density at radius 1 is 1.36 bits per heavy atom. The molecule has 0 spiro atoms. The first-order chi connectivity index (χ1) is 11.8. The fourth-order valence-electron chi connectivity index (χ4n) is 3.24. The SMILES string of the molecule is CCCC(CNC(=O)C1CC(=O)N(C)C1c1ccc(F)cc1)C(=O)O. The van der Waals surface area contributed by atoms with E-state index in [0.717, 1.165) is 0 Å². The van der Waals surface area contributed by atoms with Crippen LogP contribution in [0.3, 0.4) is 0 Å². The van der Waals surface area contributed by atoms with Crippen LogP contribution in [0, 0.1) is 17.7 Å². The number of halogens is 1. The molecule has 1 saturated heterocycles. The number of benzene rings is 1. The zero-order chi connectivity index (χ0) is 18.6. The van der Waals surface area contributed by atoms with Crippen molar-refractivity contribution in [3.05, 3.63) is 35.6 Å². The number of carbonyl (C=O) groups is 3. The lowest BCUT2D eigenvalue weighted by Crippen LogP contribution is -2.38. The van der Waals surface area contributed by atoms with Crippen LogP contribution in [-0.4, -0.2) is 41.4 Å². The van der Waals surface area contributed by atoms with Crippen LogP contribution in [0.15, 0.2) is 24.3 Å². The topological polar surface area (TPSA) is 86.7 Å². The highest BCUT2D eigenvalue weighted by Gasteiger charge is 2.42. The highest BCUT2D eigenvalue weighted by molar-refractivity contribution is 5.90. The number of carboxylic acids is 1. The summed E-state index contributed by atoms with van der Waals surface area (Å²) in [7, 11) is 1.61. The number of carboxylic acid groups (broad SMARTS) is 1. The molecule has 1 aliphatic heterocycles. The minimum Gasteiger partial charge on any atom is -0.481 e. The van der Waals surface area contributed by atoms with Gasteiger partial charge in [0.1, 0.15) is 5.82 Å². The van der Waals surface area contributed by atoms with Crippen LogP contribution in [0.2, 0.25) is 0 Å². The maximum Gasteiger partial charge on any atom is 0.308 e. The van der Waals surface area contributed by atoms with Gasteiger partial charge in [0.2, 0.25) is 11.8 Å². The van der Waals surface area contributed by atoms with Gasteiger partial charge in [0, 0.05) is 20.0 Å². The number of nitrogens with one attached hydrogen (secondary N) is 1. The number of aliphatic carboxylic acids is 1. The summed E-state index contributed by atoms with van der Waals surface area (Å²) in [5, 5.41) is 11.8. The molecular weight excluding hydrogens is 327 g/mol. The van der Waals surface area contributed by atoms with Crippen molar-refractivity contribution in [2.45, 2.75) is 32.2 Å². The summed E-state index contributed by atoms with van der Waals surface area (Å²) < 4.78 is 13.1. The third-order valence-electron chi connectivity index (χ3n) is 4.64. The minimum absolute atomic E-state index is 0.0343. The fraction of sp³-hybridized carbons (Fsp3) is 0.500. The van der Waals surface area contributed by atoms with Gasteiger partial charge < -0.3 is 15.3 Å². The Balaban J connectivity index is 2.12. The van der Waals surface area contributed by atoms with E-state index in [1.165, 1.54) is 17.0 Å². The van der Waals surface area contributed by atoms with Gasteiger partial charge in [0.15, 0.2) is 0 Å². The van der Waals surface area contributed by atoms with E-state index in [4.69, 9.17) is 0 Å². The Hall–Kier alpha value is -2.44. The van der Waals surface area contributed by atoms with Gasteiger partial charge >= 0.3 is 5.97 Å². The Kier molecular flexibility index (Phi) is 6.12. The zero-order valence-corrected chi connectivity index (χ0v) is 14.4. The quantitative estimate of drug-likeness (QED) is 0.787. The van der Waals surface area contributed by atoms with Crippen LogP contribution in [0.25, 0.3) is 0 Å². The molecule has 0 saturated carbocycles. The Labute approximate surface area is 146 Å². The molecule has 1 aliphatic rings. The van der Waals surface area contributed by atoms with Gasteiger partial charge in [-0.2, -0.15) is 0 Å². The van der Waals surface area contributed by atoms with Crippen LogP contribution < -0.4 is 5.32 Å². The van der Waals surface area contributed by atoms with E-state index >= 15 is 0 Å². The molecule has 7 heteroatoms.